The standard InChI is InChI=1S/C15H17NO8/c17-7-21-6-11-13(22-8-18)14(23-9-19)12(15(20)24-11)16-10-4-2-1-3-5-10/h1-5,7-9,11-16,20H,6H2/t11-,12+,13-,14-,15-/m0/s1. The molecule has 130 valence electrons. The first-order valence-corrected chi connectivity index (χ1v) is 7.09. The molecule has 1 saturated heterocycles. The van der Waals surface area contributed by atoms with Crippen LogP contribution in [0.2, 0.25) is 0 Å². The minimum atomic E-state index is -1.40. The van der Waals surface area contributed by atoms with Crippen LogP contribution >= 0.6 is 0 Å². The largest absolute Gasteiger partial charge is 0.465 e. The quantitative estimate of drug-likeness (QED) is 0.450. The van der Waals surface area contributed by atoms with E-state index in [0.29, 0.717) is 5.69 Å². The molecule has 0 spiro atoms. The number of hydrogen-bond donors (Lipinski definition) is 2. The fourth-order valence-electron chi connectivity index (χ4n) is 2.52. The maximum absolute atomic E-state index is 10.8. The van der Waals surface area contributed by atoms with Gasteiger partial charge in [-0.05, 0) is 12.1 Å². The molecule has 2 N–H and O–H groups in total. The summed E-state index contributed by atoms with van der Waals surface area (Å²) in [4.78, 5) is 32.0. The normalized spacial score (nSPS) is 29.1. The van der Waals surface area contributed by atoms with Gasteiger partial charge < -0.3 is 29.4 Å². The van der Waals surface area contributed by atoms with E-state index in [1.54, 1.807) is 24.3 Å². The van der Waals surface area contributed by atoms with E-state index >= 15 is 0 Å². The third-order valence-electron chi connectivity index (χ3n) is 3.53. The molecular formula is C15H17NO8. The van der Waals surface area contributed by atoms with Gasteiger partial charge in [-0.15, -0.1) is 0 Å². The first-order chi connectivity index (χ1) is 11.7. The lowest BCUT2D eigenvalue weighted by Crippen LogP contribution is -2.62. The Hall–Kier alpha value is -2.65. The second kappa shape index (κ2) is 8.85. The summed E-state index contributed by atoms with van der Waals surface area (Å²) < 4.78 is 19.9. The zero-order valence-corrected chi connectivity index (χ0v) is 12.5. The lowest BCUT2D eigenvalue weighted by atomic mass is 9.96. The third-order valence-corrected chi connectivity index (χ3v) is 3.53. The number of aliphatic hydroxyl groups is 1. The fraction of sp³-hybridized carbons (Fsp3) is 0.400. The van der Waals surface area contributed by atoms with E-state index in [1.807, 2.05) is 6.07 Å². The average Bonchev–Trinajstić information content (AvgIpc) is 2.60. The van der Waals surface area contributed by atoms with Crippen LogP contribution in [0.5, 0.6) is 0 Å². The Kier molecular flexibility index (Phi) is 6.52. The zero-order valence-electron chi connectivity index (χ0n) is 12.5. The Morgan fingerprint density at radius 1 is 1.04 bits per heavy atom. The van der Waals surface area contributed by atoms with E-state index in [9.17, 15) is 19.5 Å². The average molecular weight is 339 g/mol. The van der Waals surface area contributed by atoms with E-state index < -0.39 is 30.6 Å². The lowest BCUT2D eigenvalue weighted by Gasteiger charge is -2.42. The number of aliphatic hydroxyl groups excluding tert-OH is 1. The van der Waals surface area contributed by atoms with Crippen LogP contribution in [0.3, 0.4) is 0 Å². The van der Waals surface area contributed by atoms with Gasteiger partial charge >= 0.3 is 0 Å². The number of nitrogens with one attached hydrogen (secondary N) is 1. The molecule has 5 atom stereocenters. The Bertz CT molecular complexity index is 540. The number of para-hydroxylation sites is 1. The summed E-state index contributed by atoms with van der Waals surface area (Å²) in [6.45, 7) is 0.259. The van der Waals surface area contributed by atoms with Gasteiger partial charge in [0.2, 0.25) is 0 Å². The van der Waals surface area contributed by atoms with Crippen molar-refractivity contribution < 1.29 is 38.4 Å². The molecule has 0 aromatic heterocycles. The van der Waals surface area contributed by atoms with Crippen molar-refractivity contribution in [3.05, 3.63) is 30.3 Å². The molecule has 1 aliphatic heterocycles. The fourth-order valence-corrected chi connectivity index (χ4v) is 2.52. The van der Waals surface area contributed by atoms with Gasteiger partial charge in [-0.1, -0.05) is 18.2 Å². The van der Waals surface area contributed by atoms with Gasteiger partial charge in [0.1, 0.15) is 18.8 Å². The highest BCUT2D eigenvalue weighted by Crippen LogP contribution is 2.27. The van der Waals surface area contributed by atoms with Crippen LogP contribution in [0.4, 0.5) is 5.69 Å². The van der Waals surface area contributed by atoms with Crippen molar-refractivity contribution in [1.29, 1.82) is 0 Å². The molecule has 9 nitrogen and oxygen atoms in total. The molecule has 0 aliphatic carbocycles. The van der Waals surface area contributed by atoms with Gasteiger partial charge in [0.15, 0.2) is 18.5 Å². The van der Waals surface area contributed by atoms with Gasteiger partial charge in [-0.3, -0.25) is 14.4 Å². The lowest BCUT2D eigenvalue weighted by molar-refractivity contribution is -0.252. The predicted molar refractivity (Wildman–Crippen MR) is 78.6 cm³/mol. The van der Waals surface area contributed by atoms with E-state index in [0.717, 1.165) is 0 Å². The molecule has 1 fully saturated rings. The monoisotopic (exact) mass is 339 g/mol. The first kappa shape index (κ1) is 17.7. The van der Waals surface area contributed by atoms with Gasteiger partial charge in [0, 0.05) is 5.69 Å². The minimum absolute atomic E-state index is 0.167. The molecule has 9 heteroatoms. The van der Waals surface area contributed by atoms with Crippen molar-refractivity contribution in [2.75, 3.05) is 11.9 Å². The molecule has 0 bridgehead atoms. The van der Waals surface area contributed by atoms with Crippen molar-refractivity contribution in [1.82, 2.24) is 0 Å². The van der Waals surface area contributed by atoms with Gasteiger partial charge in [0.05, 0.1) is 0 Å². The predicted octanol–water partition coefficient (Wildman–Crippen LogP) is -0.560. The van der Waals surface area contributed by atoms with Crippen molar-refractivity contribution in [2.45, 2.75) is 30.6 Å². The van der Waals surface area contributed by atoms with E-state index in [4.69, 9.17) is 14.2 Å². The Balaban J connectivity index is 2.23. The number of anilines is 1. The van der Waals surface area contributed by atoms with Crippen LogP contribution in [-0.4, -0.2) is 61.8 Å². The van der Waals surface area contributed by atoms with E-state index in [1.165, 1.54) is 0 Å². The molecular weight excluding hydrogens is 322 g/mol. The molecule has 1 aliphatic rings. The Morgan fingerprint density at radius 2 is 1.71 bits per heavy atom. The second-order valence-electron chi connectivity index (χ2n) is 4.92. The summed E-state index contributed by atoms with van der Waals surface area (Å²) >= 11 is 0. The summed E-state index contributed by atoms with van der Waals surface area (Å²) in [5.74, 6) is 0. The summed E-state index contributed by atoms with van der Waals surface area (Å²) in [7, 11) is 0. The molecule has 0 saturated carbocycles. The van der Waals surface area contributed by atoms with Crippen LogP contribution in [0.1, 0.15) is 0 Å². The Labute approximate surface area is 137 Å². The molecule has 1 aromatic rings. The molecule has 1 heterocycles. The summed E-state index contributed by atoms with van der Waals surface area (Å²) in [6.07, 6.45) is -4.52. The third kappa shape index (κ3) is 4.21. The van der Waals surface area contributed by atoms with Crippen LogP contribution in [0.25, 0.3) is 0 Å². The number of carbonyl (C=O) groups excluding carboxylic acids is 3. The topological polar surface area (TPSA) is 120 Å². The van der Waals surface area contributed by atoms with E-state index in [2.05, 4.69) is 10.1 Å². The van der Waals surface area contributed by atoms with E-state index in [-0.39, 0.29) is 26.0 Å². The molecule has 0 amide bonds. The van der Waals surface area contributed by atoms with Crippen molar-refractivity contribution in [3.63, 3.8) is 0 Å². The van der Waals surface area contributed by atoms with Gasteiger partial charge in [-0.25, -0.2) is 0 Å². The zero-order chi connectivity index (χ0) is 17.4. The summed E-state index contributed by atoms with van der Waals surface area (Å²) in [5.41, 5.74) is 0.636. The van der Waals surface area contributed by atoms with Crippen molar-refractivity contribution >= 4 is 25.1 Å². The number of hydrogen-bond acceptors (Lipinski definition) is 9. The number of ether oxygens (including phenoxy) is 4. The molecule has 0 radical (unpaired) electrons. The van der Waals surface area contributed by atoms with Crippen LogP contribution in [-0.2, 0) is 33.3 Å². The van der Waals surface area contributed by atoms with Gasteiger partial charge in [0.25, 0.3) is 19.4 Å². The summed E-state index contributed by atoms with van der Waals surface area (Å²) in [5, 5.41) is 13.2. The minimum Gasteiger partial charge on any atom is -0.465 e. The van der Waals surface area contributed by atoms with Gasteiger partial charge in [-0.2, -0.15) is 0 Å². The molecule has 2 rings (SSSR count). The number of rotatable bonds is 9. The van der Waals surface area contributed by atoms with Crippen LogP contribution in [0, 0.1) is 0 Å². The maximum atomic E-state index is 10.8. The van der Waals surface area contributed by atoms with Crippen molar-refractivity contribution in [2.24, 2.45) is 0 Å². The molecule has 1 aromatic carbocycles. The number of carbonyl (C=O) groups is 3. The Morgan fingerprint density at radius 3 is 2.33 bits per heavy atom. The van der Waals surface area contributed by atoms with Crippen LogP contribution in [0.15, 0.2) is 30.3 Å². The number of benzene rings is 1. The first-order valence-electron chi connectivity index (χ1n) is 7.09. The summed E-state index contributed by atoms with van der Waals surface area (Å²) in [6, 6.07) is 7.92. The second-order valence-corrected chi connectivity index (χ2v) is 4.92. The maximum Gasteiger partial charge on any atom is 0.293 e. The molecule has 24 heavy (non-hydrogen) atoms. The highest BCUT2D eigenvalue weighted by atomic mass is 16.7. The smallest absolute Gasteiger partial charge is 0.293 e. The highest BCUT2D eigenvalue weighted by Gasteiger charge is 2.48. The highest BCUT2D eigenvalue weighted by molar-refractivity contribution is 5.46. The van der Waals surface area contributed by atoms with Crippen LogP contribution < -0.4 is 5.32 Å². The van der Waals surface area contributed by atoms with Crippen molar-refractivity contribution in [3.8, 4) is 0 Å². The SMILES string of the molecule is O=COC[C@@H]1O[C@H](O)[C@H](Nc2ccccc2)[C@H](OC=O)[C@H]1OC=O. The molecule has 0 unspecified atom stereocenters.